The number of hydrogen-bond acceptors (Lipinski definition) is 4. The summed E-state index contributed by atoms with van der Waals surface area (Å²) in [7, 11) is 0. The van der Waals surface area contributed by atoms with E-state index in [4.69, 9.17) is 4.74 Å². The van der Waals surface area contributed by atoms with E-state index in [1.807, 2.05) is 13.1 Å². The van der Waals surface area contributed by atoms with Crippen molar-refractivity contribution in [3.63, 3.8) is 0 Å². The Labute approximate surface area is 114 Å². The van der Waals surface area contributed by atoms with Crippen molar-refractivity contribution < 1.29 is 4.74 Å². The van der Waals surface area contributed by atoms with Crippen molar-refractivity contribution in [2.45, 2.75) is 38.0 Å². The molecule has 1 aromatic heterocycles. The average molecular weight is 266 g/mol. The summed E-state index contributed by atoms with van der Waals surface area (Å²) in [4.78, 5) is 4.30. The second-order valence-electron chi connectivity index (χ2n) is 4.47. The Bertz CT molecular complexity index is 367. The topological polar surface area (TPSA) is 34.2 Å². The van der Waals surface area contributed by atoms with E-state index in [1.165, 1.54) is 24.2 Å². The summed E-state index contributed by atoms with van der Waals surface area (Å²) in [6.45, 7) is 5.84. The van der Waals surface area contributed by atoms with E-state index in [2.05, 4.69) is 35.1 Å². The zero-order chi connectivity index (χ0) is 12.8. The van der Waals surface area contributed by atoms with E-state index in [0.717, 1.165) is 12.3 Å². The van der Waals surface area contributed by atoms with Gasteiger partial charge in [-0.2, -0.15) is 11.8 Å². The van der Waals surface area contributed by atoms with Crippen LogP contribution in [0.5, 0.6) is 5.75 Å². The van der Waals surface area contributed by atoms with E-state index in [0.29, 0.717) is 17.9 Å². The molecule has 3 nitrogen and oxygen atoms in total. The van der Waals surface area contributed by atoms with Gasteiger partial charge >= 0.3 is 0 Å². The molecule has 100 valence electrons. The highest BCUT2D eigenvalue weighted by Crippen LogP contribution is 2.36. The highest BCUT2D eigenvalue weighted by Gasteiger charge is 2.26. The van der Waals surface area contributed by atoms with Gasteiger partial charge in [0.05, 0.1) is 12.8 Å². The van der Waals surface area contributed by atoms with E-state index >= 15 is 0 Å². The molecule has 4 heteroatoms. The zero-order valence-corrected chi connectivity index (χ0v) is 12.0. The molecule has 0 amide bonds. The van der Waals surface area contributed by atoms with Crippen molar-refractivity contribution in [3.8, 4) is 5.75 Å². The van der Waals surface area contributed by atoms with Gasteiger partial charge in [-0.25, -0.2) is 0 Å². The molecule has 18 heavy (non-hydrogen) atoms. The number of hydrogen-bond donors (Lipinski definition) is 1. The lowest BCUT2D eigenvalue weighted by atomic mass is 10.0. The number of rotatable bonds is 6. The third-order valence-corrected chi connectivity index (χ3v) is 4.63. The number of pyridine rings is 1. The molecular weight excluding hydrogens is 244 g/mol. The molecule has 0 saturated carbocycles. The quantitative estimate of drug-likeness (QED) is 0.858. The van der Waals surface area contributed by atoms with Crippen LogP contribution in [-0.4, -0.2) is 29.1 Å². The number of nitrogens with zero attached hydrogens (tertiary/aromatic N) is 1. The monoisotopic (exact) mass is 266 g/mol. The number of ether oxygens (including phenoxy) is 1. The van der Waals surface area contributed by atoms with Gasteiger partial charge in [-0.15, -0.1) is 0 Å². The van der Waals surface area contributed by atoms with Crippen molar-refractivity contribution >= 4 is 11.8 Å². The van der Waals surface area contributed by atoms with E-state index in [1.54, 1.807) is 6.20 Å². The van der Waals surface area contributed by atoms with Gasteiger partial charge in [-0.1, -0.05) is 6.92 Å². The van der Waals surface area contributed by atoms with Crippen molar-refractivity contribution in [2.24, 2.45) is 0 Å². The normalized spacial score (nSPS) is 20.9. The predicted molar refractivity (Wildman–Crippen MR) is 77.3 cm³/mol. The predicted octanol–water partition coefficient (Wildman–Crippen LogP) is 3.03. The molecule has 0 radical (unpaired) electrons. The van der Waals surface area contributed by atoms with Gasteiger partial charge in [-0.05, 0) is 43.7 Å². The molecule has 1 aromatic rings. The standard InChI is InChI=1S/C14H22N2OS/c1-3-16-14(13-6-5-7-18-13)11-8-12(17-4-2)10-15-9-11/h8-10,13-14,16H,3-7H2,1-2H3. The maximum Gasteiger partial charge on any atom is 0.137 e. The highest BCUT2D eigenvalue weighted by molar-refractivity contribution is 8.00. The third-order valence-electron chi connectivity index (χ3n) is 3.17. The van der Waals surface area contributed by atoms with Crippen LogP contribution >= 0.6 is 11.8 Å². The Morgan fingerprint density at radius 2 is 2.39 bits per heavy atom. The summed E-state index contributed by atoms with van der Waals surface area (Å²) in [6, 6.07) is 2.53. The summed E-state index contributed by atoms with van der Waals surface area (Å²) in [5, 5.41) is 4.26. The SMILES string of the molecule is CCNC(c1cncc(OCC)c1)C1CCCS1. The van der Waals surface area contributed by atoms with Crippen LogP contribution in [0.25, 0.3) is 0 Å². The molecule has 0 spiro atoms. The second-order valence-corrected chi connectivity index (χ2v) is 5.82. The molecule has 1 aliphatic rings. The fraction of sp³-hybridized carbons (Fsp3) is 0.643. The lowest BCUT2D eigenvalue weighted by Gasteiger charge is -2.24. The maximum absolute atomic E-state index is 5.54. The minimum Gasteiger partial charge on any atom is -0.492 e. The number of nitrogens with one attached hydrogen (secondary N) is 1. The van der Waals surface area contributed by atoms with Crippen LogP contribution in [0, 0.1) is 0 Å². The Balaban J connectivity index is 2.15. The molecule has 2 heterocycles. The Hall–Kier alpha value is -0.740. The minimum absolute atomic E-state index is 0.399. The van der Waals surface area contributed by atoms with E-state index < -0.39 is 0 Å². The first kappa shape index (κ1) is 13.7. The summed E-state index contributed by atoms with van der Waals surface area (Å²) < 4.78 is 5.54. The van der Waals surface area contributed by atoms with Crippen LogP contribution in [0.3, 0.4) is 0 Å². The smallest absolute Gasteiger partial charge is 0.137 e. The minimum atomic E-state index is 0.399. The van der Waals surface area contributed by atoms with Gasteiger partial charge in [0.1, 0.15) is 5.75 Å². The van der Waals surface area contributed by atoms with Crippen LogP contribution < -0.4 is 10.1 Å². The Morgan fingerprint density at radius 1 is 1.50 bits per heavy atom. The van der Waals surface area contributed by atoms with Crippen LogP contribution in [0.15, 0.2) is 18.5 Å². The average Bonchev–Trinajstić information content (AvgIpc) is 2.90. The molecule has 1 N–H and O–H groups in total. The zero-order valence-electron chi connectivity index (χ0n) is 11.2. The molecule has 0 aromatic carbocycles. The summed E-state index contributed by atoms with van der Waals surface area (Å²) in [6.07, 6.45) is 6.38. The summed E-state index contributed by atoms with van der Waals surface area (Å²) >= 11 is 2.07. The van der Waals surface area contributed by atoms with Gasteiger partial charge < -0.3 is 10.1 Å². The van der Waals surface area contributed by atoms with Gasteiger partial charge in [0, 0.05) is 17.5 Å². The van der Waals surface area contributed by atoms with Gasteiger partial charge in [-0.3, -0.25) is 4.98 Å². The molecule has 0 aliphatic carbocycles. The molecular formula is C14H22N2OS. The van der Waals surface area contributed by atoms with Gasteiger partial charge in [0.15, 0.2) is 0 Å². The van der Waals surface area contributed by atoms with Crippen LogP contribution in [0.4, 0.5) is 0 Å². The summed E-state index contributed by atoms with van der Waals surface area (Å²) in [5.74, 6) is 2.16. The van der Waals surface area contributed by atoms with Crippen molar-refractivity contribution in [3.05, 3.63) is 24.0 Å². The fourth-order valence-electron chi connectivity index (χ4n) is 2.40. The Kier molecular flexibility index (Phi) is 5.32. The lowest BCUT2D eigenvalue weighted by molar-refractivity contribution is 0.337. The van der Waals surface area contributed by atoms with E-state index in [9.17, 15) is 0 Å². The molecule has 1 aliphatic heterocycles. The van der Waals surface area contributed by atoms with E-state index in [-0.39, 0.29) is 0 Å². The molecule has 2 unspecified atom stereocenters. The van der Waals surface area contributed by atoms with Crippen molar-refractivity contribution in [2.75, 3.05) is 18.9 Å². The number of thioether (sulfide) groups is 1. The lowest BCUT2D eigenvalue weighted by Crippen LogP contribution is -2.29. The first-order valence-corrected chi connectivity index (χ1v) is 7.82. The molecule has 1 saturated heterocycles. The van der Waals surface area contributed by atoms with Gasteiger partial charge in [0.25, 0.3) is 0 Å². The van der Waals surface area contributed by atoms with Crippen molar-refractivity contribution in [1.82, 2.24) is 10.3 Å². The second kappa shape index (κ2) is 7.00. The maximum atomic E-state index is 5.54. The van der Waals surface area contributed by atoms with Crippen LogP contribution in [-0.2, 0) is 0 Å². The fourth-order valence-corrected chi connectivity index (χ4v) is 3.82. The third kappa shape index (κ3) is 3.39. The first-order valence-electron chi connectivity index (χ1n) is 6.77. The first-order chi connectivity index (χ1) is 8.85. The molecule has 2 rings (SSSR count). The van der Waals surface area contributed by atoms with Crippen LogP contribution in [0.2, 0.25) is 0 Å². The van der Waals surface area contributed by atoms with Crippen molar-refractivity contribution in [1.29, 1.82) is 0 Å². The largest absolute Gasteiger partial charge is 0.492 e. The number of aromatic nitrogens is 1. The summed E-state index contributed by atoms with van der Waals surface area (Å²) in [5.41, 5.74) is 1.25. The van der Waals surface area contributed by atoms with Gasteiger partial charge in [0.2, 0.25) is 0 Å². The molecule has 1 fully saturated rings. The Morgan fingerprint density at radius 3 is 3.06 bits per heavy atom. The molecule has 2 atom stereocenters. The molecule has 0 bridgehead atoms. The highest BCUT2D eigenvalue weighted by atomic mass is 32.2. The van der Waals surface area contributed by atoms with Crippen LogP contribution in [0.1, 0.15) is 38.3 Å².